The molecule has 1 aromatic carbocycles. The molecule has 2 rings (SSSR count). The number of anilines is 1. The van der Waals surface area contributed by atoms with E-state index in [9.17, 15) is 9.18 Å². The SMILES string of the molecule is CC(Sc1ccc(F)cc1N)C(=O)N1CCCCC1. The molecule has 0 spiro atoms. The van der Waals surface area contributed by atoms with Crippen molar-refractivity contribution in [3.05, 3.63) is 24.0 Å². The molecular weight excluding hydrogens is 263 g/mol. The highest BCUT2D eigenvalue weighted by Gasteiger charge is 2.23. The summed E-state index contributed by atoms with van der Waals surface area (Å²) in [6, 6.07) is 4.30. The van der Waals surface area contributed by atoms with E-state index < -0.39 is 0 Å². The minimum absolute atomic E-state index is 0.147. The van der Waals surface area contributed by atoms with Crippen LogP contribution in [0.3, 0.4) is 0 Å². The average molecular weight is 282 g/mol. The standard InChI is InChI=1S/C14H19FN2OS/c1-10(14(18)17-7-3-2-4-8-17)19-13-6-5-11(15)9-12(13)16/h5-6,9-10H,2-4,7-8,16H2,1H3. The number of amides is 1. The van der Waals surface area contributed by atoms with Gasteiger partial charge in [0.05, 0.1) is 5.25 Å². The Morgan fingerprint density at radius 2 is 2.05 bits per heavy atom. The second-order valence-electron chi connectivity index (χ2n) is 4.83. The smallest absolute Gasteiger partial charge is 0.235 e. The van der Waals surface area contributed by atoms with Crippen LogP contribution in [0.1, 0.15) is 26.2 Å². The number of piperidine rings is 1. The highest BCUT2D eigenvalue weighted by molar-refractivity contribution is 8.00. The van der Waals surface area contributed by atoms with E-state index in [0.29, 0.717) is 5.69 Å². The molecule has 1 heterocycles. The van der Waals surface area contributed by atoms with Crippen LogP contribution in [0.15, 0.2) is 23.1 Å². The van der Waals surface area contributed by atoms with Crippen molar-refractivity contribution in [1.29, 1.82) is 0 Å². The quantitative estimate of drug-likeness (QED) is 0.685. The van der Waals surface area contributed by atoms with Crippen molar-refractivity contribution in [1.82, 2.24) is 4.90 Å². The zero-order valence-electron chi connectivity index (χ0n) is 11.1. The fraction of sp³-hybridized carbons (Fsp3) is 0.500. The van der Waals surface area contributed by atoms with Crippen LogP contribution in [0.2, 0.25) is 0 Å². The van der Waals surface area contributed by atoms with Crippen LogP contribution in [0.4, 0.5) is 10.1 Å². The Morgan fingerprint density at radius 3 is 2.68 bits per heavy atom. The van der Waals surface area contributed by atoms with Gasteiger partial charge in [0.2, 0.25) is 5.91 Å². The lowest BCUT2D eigenvalue weighted by Gasteiger charge is -2.29. The summed E-state index contributed by atoms with van der Waals surface area (Å²) in [4.78, 5) is 15.0. The number of hydrogen-bond donors (Lipinski definition) is 1. The molecule has 0 aromatic heterocycles. The summed E-state index contributed by atoms with van der Waals surface area (Å²) in [7, 11) is 0. The van der Waals surface area contributed by atoms with E-state index in [4.69, 9.17) is 5.73 Å². The van der Waals surface area contributed by atoms with Crippen molar-refractivity contribution in [3.63, 3.8) is 0 Å². The third kappa shape index (κ3) is 3.62. The number of rotatable bonds is 3. The molecule has 0 bridgehead atoms. The van der Waals surface area contributed by atoms with Gasteiger partial charge in [-0.05, 0) is 44.4 Å². The minimum atomic E-state index is -0.350. The molecule has 1 aliphatic rings. The number of benzene rings is 1. The maximum absolute atomic E-state index is 13.0. The van der Waals surface area contributed by atoms with E-state index in [1.165, 1.54) is 30.3 Å². The number of carbonyl (C=O) groups excluding carboxylic acids is 1. The lowest BCUT2D eigenvalue weighted by atomic mass is 10.1. The molecule has 1 atom stereocenters. The first-order chi connectivity index (χ1) is 9.08. The molecule has 0 radical (unpaired) electrons. The van der Waals surface area contributed by atoms with Gasteiger partial charge in [0.25, 0.3) is 0 Å². The van der Waals surface area contributed by atoms with Gasteiger partial charge in [0.15, 0.2) is 0 Å². The number of nitrogens with two attached hydrogens (primary N) is 1. The van der Waals surface area contributed by atoms with Gasteiger partial charge >= 0.3 is 0 Å². The molecule has 5 heteroatoms. The maximum Gasteiger partial charge on any atom is 0.235 e. The van der Waals surface area contributed by atoms with Gasteiger partial charge in [-0.15, -0.1) is 11.8 Å². The molecule has 0 saturated carbocycles. The van der Waals surface area contributed by atoms with Crippen LogP contribution < -0.4 is 5.73 Å². The van der Waals surface area contributed by atoms with E-state index in [2.05, 4.69) is 0 Å². The maximum atomic E-state index is 13.0. The van der Waals surface area contributed by atoms with Crippen LogP contribution in [-0.4, -0.2) is 29.1 Å². The fourth-order valence-electron chi connectivity index (χ4n) is 2.24. The number of thioether (sulfide) groups is 1. The second-order valence-corrected chi connectivity index (χ2v) is 6.21. The summed E-state index contributed by atoms with van der Waals surface area (Å²) in [5, 5.41) is -0.189. The minimum Gasteiger partial charge on any atom is -0.398 e. The topological polar surface area (TPSA) is 46.3 Å². The molecule has 1 aromatic rings. The van der Waals surface area contributed by atoms with Crippen molar-refractivity contribution >= 4 is 23.4 Å². The summed E-state index contributed by atoms with van der Waals surface area (Å²) in [5.41, 5.74) is 6.15. The number of nitrogens with zero attached hydrogens (tertiary/aromatic N) is 1. The van der Waals surface area contributed by atoms with Crippen LogP contribution in [0.5, 0.6) is 0 Å². The molecule has 1 saturated heterocycles. The van der Waals surface area contributed by atoms with Crippen LogP contribution >= 0.6 is 11.8 Å². The number of halogens is 1. The van der Waals surface area contributed by atoms with Gasteiger partial charge in [-0.1, -0.05) is 0 Å². The summed E-state index contributed by atoms with van der Waals surface area (Å²) < 4.78 is 13.0. The zero-order valence-corrected chi connectivity index (χ0v) is 11.9. The fourth-order valence-corrected chi connectivity index (χ4v) is 3.21. The molecule has 19 heavy (non-hydrogen) atoms. The van der Waals surface area contributed by atoms with Crippen molar-refractivity contribution in [2.75, 3.05) is 18.8 Å². The molecule has 1 aliphatic heterocycles. The second kappa shape index (κ2) is 6.28. The number of nitrogen functional groups attached to an aromatic ring is 1. The Bertz CT molecular complexity index is 461. The van der Waals surface area contributed by atoms with Crippen LogP contribution in [0, 0.1) is 5.82 Å². The van der Waals surface area contributed by atoms with Crippen molar-refractivity contribution in [2.45, 2.75) is 36.3 Å². The predicted octanol–water partition coefficient (Wildman–Crippen LogP) is 2.90. The number of hydrogen-bond acceptors (Lipinski definition) is 3. The molecule has 1 amide bonds. The molecule has 1 unspecified atom stereocenters. The van der Waals surface area contributed by atoms with Crippen LogP contribution in [-0.2, 0) is 4.79 Å². The summed E-state index contributed by atoms with van der Waals surface area (Å²) >= 11 is 1.40. The van der Waals surface area contributed by atoms with Gasteiger partial charge in [-0.2, -0.15) is 0 Å². The van der Waals surface area contributed by atoms with Gasteiger partial charge < -0.3 is 10.6 Å². The average Bonchev–Trinajstić information content (AvgIpc) is 2.42. The van der Waals surface area contributed by atoms with E-state index in [1.54, 1.807) is 6.07 Å². The summed E-state index contributed by atoms with van der Waals surface area (Å²) in [6.07, 6.45) is 3.37. The lowest BCUT2D eigenvalue weighted by molar-refractivity contribution is -0.131. The highest BCUT2D eigenvalue weighted by atomic mass is 32.2. The Labute approximate surface area is 117 Å². The van der Waals surface area contributed by atoms with Crippen molar-refractivity contribution < 1.29 is 9.18 Å². The lowest BCUT2D eigenvalue weighted by Crippen LogP contribution is -2.40. The van der Waals surface area contributed by atoms with Gasteiger partial charge in [0.1, 0.15) is 5.82 Å². The van der Waals surface area contributed by atoms with Gasteiger partial charge in [0, 0.05) is 23.7 Å². The molecule has 3 nitrogen and oxygen atoms in total. The Hall–Kier alpha value is -1.23. The molecule has 0 aliphatic carbocycles. The van der Waals surface area contributed by atoms with E-state index >= 15 is 0 Å². The zero-order chi connectivity index (χ0) is 13.8. The first-order valence-corrected chi connectivity index (χ1v) is 7.46. The van der Waals surface area contributed by atoms with E-state index in [-0.39, 0.29) is 17.0 Å². The Balaban J connectivity index is 1.99. The molecule has 2 N–H and O–H groups in total. The van der Waals surface area contributed by atoms with Crippen molar-refractivity contribution in [2.24, 2.45) is 0 Å². The normalized spacial score (nSPS) is 17.3. The molecular formula is C14H19FN2OS. The van der Waals surface area contributed by atoms with E-state index in [0.717, 1.165) is 30.8 Å². The van der Waals surface area contributed by atoms with Gasteiger partial charge in [-0.25, -0.2) is 4.39 Å². The highest BCUT2D eigenvalue weighted by Crippen LogP contribution is 2.30. The third-order valence-corrected chi connectivity index (χ3v) is 4.47. The number of carbonyl (C=O) groups is 1. The largest absolute Gasteiger partial charge is 0.398 e. The summed E-state index contributed by atoms with van der Waals surface area (Å²) in [6.45, 7) is 3.58. The van der Waals surface area contributed by atoms with Gasteiger partial charge in [-0.3, -0.25) is 4.79 Å². The predicted molar refractivity (Wildman–Crippen MR) is 76.6 cm³/mol. The molecule has 104 valence electrons. The molecule has 1 fully saturated rings. The monoisotopic (exact) mass is 282 g/mol. The Kier molecular flexibility index (Phi) is 4.69. The van der Waals surface area contributed by atoms with Crippen LogP contribution in [0.25, 0.3) is 0 Å². The first kappa shape index (κ1) is 14.2. The van der Waals surface area contributed by atoms with E-state index in [1.807, 2.05) is 11.8 Å². The Morgan fingerprint density at radius 1 is 1.37 bits per heavy atom. The number of likely N-dealkylation sites (tertiary alicyclic amines) is 1. The summed E-state index contributed by atoms with van der Waals surface area (Å²) in [5.74, 6) is -0.203. The first-order valence-electron chi connectivity index (χ1n) is 6.58. The third-order valence-electron chi connectivity index (χ3n) is 3.29. The van der Waals surface area contributed by atoms with Crippen molar-refractivity contribution in [3.8, 4) is 0 Å².